The minimum absolute atomic E-state index is 0.332. The summed E-state index contributed by atoms with van der Waals surface area (Å²) in [4.78, 5) is -0.487. The van der Waals surface area contributed by atoms with Gasteiger partial charge in [0.25, 0.3) is 0 Å². The van der Waals surface area contributed by atoms with E-state index in [1.165, 1.54) is 6.92 Å². The van der Waals surface area contributed by atoms with E-state index in [1.54, 1.807) is 24.3 Å². The average Bonchev–Trinajstić information content (AvgIpc) is 2.44. The van der Waals surface area contributed by atoms with Gasteiger partial charge in [-0.15, -0.1) is 11.3 Å². The lowest BCUT2D eigenvalue weighted by molar-refractivity contribution is -0.134. The molecule has 2 rings (SSSR count). The van der Waals surface area contributed by atoms with Gasteiger partial charge in [0.15, 0.2) is 0 Å². The third-order valence-corrected chi connectivity index (χ3v) is 3.42. The number of thiophene rings is 1. The number of halogens is 3. The summed E-state index contributed by atoms with van der Waals surface area (Å²) in [5.41, 5.74) is 0.332. The van der Waals surface area contributed by atoms with Crippen LogP contribution in [0.1, 0.15) is 10.4 Å². The van der Waals surface area contributed by atoms with Crippen molar-refractivity contribution in [2.45, 2.75) is 13.1 Å². The van der Waals surface area contributed by atoms with Crippen LogP contribution in [0.25, 0.3) is 10.1 Å². The Kier molecular flexibility index (Phi) is 2.03. The van der Waals surface area contributed by atoms with Gasteiger partial charge in [-0.2, -0.15) is 13.2 Å². The zero-order chi connectivity index (χ0) is 10.3. The Hall–Kier alpha value is -1.03. The number of fused-ring (bicyclic) bond motifs is 1. The fourth-order valence-corrected chi connectivity index (χ4v) is 2.52. The lowest BCUT2D eigenvalue weighted by Crippen LogP contribution is -2.03. The maximum Gasteiger partial charge on any atom is 0.425 e. The molecule has 1 aromatic heterocycles. The first kappa shape index (κ1) is 9.52. The zero-order valence-corrected chi connectivity index (χ0v) is 8.17. The third-order valence-electron chi connectivity index (χ3n) is 2.10. The molecule has 0 aliphatic rings. The first-order valence-electron chi connectivity index (χ1n) is 4.05. The number of hydrogen-bond donors (Lipinski definition) is 0. The van der Waals surface area contributed by atoms with Crippen LogP contribution in [-0.2, 0) is 6.18 Å². The minimum atomic E-state index is -4.23. The van der Waals surface area contributed by atoms with E-state index in [4.69, 9.17) is 0 Å². The summed E-state index contributed by atoms with van der Waals surface area (Å²) in [6, 6.07) is 6.93. The highest BCUT2D eigenvalue weighted by atomic mass is 32.1. The number of rotatable bonds is 0. The van der Waals surface area contributed by atoms with Crippen LogP contribution < -0.4 is 0 Å². The van der Waals surface area contributed by atoms with Crippen molar-refractivity contribution in [3.63, 3.8) is 0 Å². The summed E-state index contributed by atoms with van der Waals surface area (Å²) >= 11 is 0.806. The van der Waals surface area contributed by atoms with Crippen LogP contribution >= 0.6 is 11.3 Å². The summed E-state index contributed by atoms with van der Waals surface area (Å²) in [6.45, 7) is 1.52. The molecule has 0 amide bonds. The molecule has 0 N–H and O–H groups in total. The van der Waals surface area contributed by atoms with E-state index >= 15 is 0 Å². The molecule has 14 heavy (non-hydrogen) atoms. The Labute approximate surface area is 83.0 Å². The third kappa shape index (κ3) is 1.39. The Morgan fingerprint density at radius 1 is 1.14 bits per heavy atom. The molecule has 1 aromatic carbocycles. The van der Waals surface area contributed by atoms with Gasteiger partial charge in [0.2, 0.25) is 0 Å². The Morgan fingerprint density at radius 3 is 2.36 bits per heavy atom. The summed E-state index contributed by atoms with van der Waals surface area (Å²) in [5.74, 6) is 0. The van der Waals surface area contributed by atoms with E-state index in [9.17, 15) is 13.2 Å². The Morgan fingerprint density at radius 2 is 1.79 bits per heavy atom. The molecule has 0 saturated carbocycles. The van der Waals surface area contributed by atoms with Crippen molar-refractivity contribution < 1.29 is 13.2 Å². The number of alkyl halides is 3. The lowest BCUT2D eigenvalue weighted by atomic mass is 10.1. The van der Waals surface area contributed by atoms with Crippen LogP contribution in [0.5, 0.6) is 0 Å². The standard InChI is InChI=1S/C10H7F3S/c1-6-7-4-2-3-5-8(7)14-9(6)10(11,12)13/h2-5H,1H3. The van der Waals surface area contributed by atoms with Gasteiger partial charge in [-0.1, -0.05) is 18.2 Å². The molecule has 0 unspecified atom stereocenters. The van der Waals surface area contributed by atoms with Crippen LogP contribution in [0.15, 0.2) is 24.3 Å². The van der Waals surface area contributed by atoms with E-state index in [-0.39, 0.29) is 0 Å². The second-order valence-electron chi connectivity index (χ2n) is 3.05. The normalized spacial score (nSPS) is 12.3. The van der Waals surface area contributed by atoms with Crippen molar-refractivity contribution in [1.29, 1.82) is 0 Å². The van der Waals surface area contributed by atoms with Crippen molar-refractivity contribution in [3.05, 3.63) is 34.7 Å². The summed E-state index contributed by atoms with van der Waals surface area (Å²) in [6.07, 6.45) is -4.23. The van der Waals surface area contributed by atoms with Gasteiger partial charge in [-0.05, 0) is 23.9 Å². The van der Waals surface area contributed by atoms with E-state index in [0.29, 0.717) is 15.6 Å². The van der Waals surface area contributed by atoms with Crippen molar-refractivity contribution in [2.24, 2.45) is 0 Å². The maximum absolute atomic E-state index is 12.5. The van der Waals surface area contributed by atoms with E-state index in [1.807, 2.05) is 0 Å². The number of hydrogen-bond acceptors (Lipinski definition) is 1. The predicted molar refractivity (Wildman–Crippen MR) is 51.6 cm³/mol. The second kappa shape index (κ2) is 2.98. The molecule has 0 saturated heterocycles. The van der Waals surface area contributed by atoms with Gasteiger partial charge in [0.1, 0.15) is 4.88 Å². The molecule has 74 valence electrons. The molecule has 0 spiro atoms. The van der Waals surface area contributed by atoms with Crippen LogP contribution in [0, 0.1) is 6.92 Å². The van der Waals surface area contributed by atoms with Gasteiger partial charge in [-0.3, -0.25) is 0 Å². The molecule has 0 bridgehead atoms. The molecular formula is C10H7F3S. The van der Waals surface area contributed by atoms with Crippen molar-refractivity contribution in [1.82, 2.24) is 0 Å². The molecule has 1 heterocycles. The second-order valence-corrected chi connectivity index (χ2v) is 4.10. The quantitative estimate of drug-likeness (QED) is 0.618. The summed E-state index contributed by atoms with van der Waals surface area (Å²) in [7, 11) is 0. The summed E-state index contributed by atoms with van der Waals surface area (Å²) in [5, 5.41) is 0.699. The van der Waals surface area contributed by atoms with Crippen LogP contribution in [0.2, 0.25) is 0 Å². The molecule has 0 nitrogen and oxygen atoms in total. The van der Waals surface area contributed by atoms with E-state index in [0.717, 1.165) is 11.3 Å². The van der Waals surface area contributed by atoms with Gasteiger partial charge in [-0.25, -0.2) is 0 Å². The van der Waals surface area contributed by atoms with Gasteiger partial charge >= 0.3 is 6.18 Å². The largest absolute Gasteiger partial charge is 0.425 e. The van der Waals surface area contributed by atoms with Crippen molar-refractivity contribution >= 4 is 21.4 Å². The van der Waals surface area contributed by atoms with Gasteiger partial charge < -0.3 is 0 Å². The van der Waals surface area contributed by atoms with Crippen molar-refractivity contribution in [3.8, 4) is 0 Å². The first-order valence-corrected chi connectivity index (χ1v) is 4.87. The smallest absolute Gasteiger partial charge is 0.165 e. The van der Waals surface area contributed by atoms with Crippen LogP contribution in [-0.4, -0.2) is 0 Å². The first-order chi connectivity index (χ1) is 6.50. The molecule has 0 aliphatic heterocycles. The summed E-state index contributed by atoms with van der Waals surface area (Å²) < 4.78 is 38.2. The molecular weight excluding hydrogens is 209 g/mol. The topological polar surface area (TPSA) is 0 Å². The molecule has 0 fully saturated rings. The minimum Gasteiger partial charge on any atom is -0.165 e. The fraction of sp³-hybridized carbons (Fsp3) is 0.200. The van der Waals surface area contributed by atoms with Crippen LogP contribution in [0.4, 0.5) is 13.2 Å². The van der Waals surface area contributed by atoms with Crippen LogP contribution in [0.3, 0.4) is 0 Å². The van der Waals surface area contributed by atoms with Crippen molar-refractivity contribution in [2.75, 3.05) is 0 Å². The van der Waals surface area contributed by atoms with Gasteiger partial charge in [0.05, 0.1) is 0 Å². The predicted octanol–water partition coefficient (Wildman–Crippen LogP) is 4.23. The maximum atomic E-state index is 12.5. The average molecular weight is 216 g/mol. The lowest BCUT2D eigenvalue weighted by Gasteiger charge is -2.03. The fourth-order valence-electron chi connectivity index (χ4n) is 1.44. The SMILES string of the molecule is Cc1c(C(F)(F)F)sc2ccccc12. The molecule has 0 radical (unpaired) electrons. The molecule has 2 aromatic rings. The Bertz CT molecular complexity index is 468. The number of benzene rings is 1. The highest BCUT2D eigenvalue weighted by Crippen LogP contribution is 2.41. The van der Waals surface area contributed by atoms with E-state index < -0.39 is 11.1 Å². The van der Waals surface area contributed by atoms with Gasteiger partial charge in [0, 0.05) is 4.70 Å². The Balaban J connectivity index is 2.75. The van der Waals surface area contributed by atoms with E-state index in [2.05, 4.69) is 0 Å². The highest BCUT2D eigenvalue weighted by Gasteiger charge is 2.35. The highest BCUT2D eigenvalue weighted by molar-refractivity contribution is 7.19. The monoisotopic (exact) mass is 216 g/mol. The zero-order valence-electron chi connectivity index (χ0n) is 7.35. The molecule has 0 aliphatic carbocycles. The molecule has 0 atom stereocenters. The number of aryl methyl sites for hydroxylation is 1. The molecule has 4 heteroatoms.